The van der Waals surface area contributed by atoms with Crippen molar-refractivity contribution < 1.29 is 31.2 Å². The van der Waals surface area contributed by atoms with Crippen LogP contribution in [0.3, 0.4) is 0 Å². The fourth-order valence-electron chi connectivity index (χ4n) is 2.57. The third-order valence-corrected chi connectivity index (χ3v) is 4.42. The summed E-state index contributed by atoms with van der Waals surface area (Å²) in [4.78, 5) is 24.8. The molecule has 0 atom stereocenters. The Kier molecular flexibility index (Phi) is 5.79. The standard InChI is InChI=1S/C15H18F3N3O4S/c1-26(24,25)20-12-4-2-10(3-5-12)13(22)21-8-6-11(7-9-21)19-14(23)15(16,17)18/h2-5,11,20H,6-9H2,1H3,(H,19,23). The molecular weight excluding hydrogens is 375 g/mol. The number of piperidine rings is 1. The molecular formula is C15H18F3N3O4S. The second kappa shape index (κ2) is 7.52. The number of likely N-dealkylation sites (tertiary alicyclic amines) is 1. The van der Waals surface area contributed by atoms with Crippen LogP contribution in [0.5, 0.6) is 0 Å². The lowest BCUT2D eigenvalue weighted by atomic mass is 10.0. The van der Waals surface area contributed by atoms with Gasteiger partial charge in [-0.1, -0.05) is 0 Å². The van der Waals surface area contributed by atoms with Gasteiger partial charge in [0.15, 0.2) is 0 Å². The highest BCUT2D eigenvalue weighted by Crippen LogP contribution is 2.19. The summed E-state index contributed by atoms with van der Waals surface area (Å²) in [5.41, 5.74) is 0.652. The molecule has 0 aromatic heterocycles. The average Bonchev–Trinajstić information content (AvgIpc) is 2.53. The van der Waals surface area contributed by atoms with Crippen LogP contribution in [0.4, 0.5) is 18.9 Å². The highest BCUT2D eigenvalue weighted by atomic mass is 32.2. The van der Waals surface area contributed by atoms with Gasteiger partial charge in [0.2, 0.25) is 10.0 Å². The van der Waals surface area contributed by atoms with Crippen molar-refractivity contribution in [1.29, 1.82) is 0 Å². The quantitative estimate of drug-likeness (QED) is 0.807. The van der Waals surface area contributed by atoms with Crippen LogP contribution in [-0.4, -0.2) is 56.7 Å². The van der Waals surface area contributed by atoms with Crippen LogP contribution in [0.1, 0.15) is 23.2 Å². The molecule has 0 unspecified atom stereocenters. The fraction of sp³-hybridized carbons (Fsp3) is 0.467. The van der Waals surface area contributed by atoms with Crippen LogP contribution in [0.25, 0.3) is 0 Å². The molecule has 0 aliphatic carbocycles. The van der Waals surface area contributed by atoms with E-state index in [9.17, 15) is 31.2 Å². The van der Waals surface area contributed by atoms with E-state index in [0.29, 0.717) is 11.3 Å². The highest BCUT2D eigenvalue weighted by Gasteiger charge is 2.40. The van der Waals surface area contributed by atoms with Gasteiger partial charge in [0, 0.05) is 30.4 Å². The first-order valence-electron chi connectivity index (χ1n) is 7.70. The minimum absolute atomic E-state index is 0.213. The second-order valence-corrected chi connectivity index (χ2v) is 7.74. The number of carbonyl (C=O) groups is 2. The summed E-state index contributed by atoms with van der Waals surface area (Å²) >= 11 is 0. The predicted octanol–water partition coefficient (Wildman–Crippen LogP) is 1.34. The van der Waals surface area contributed by atoms with Crippen LogP contribution < -0.4 is 10.0 Å². The highest BCUT2D eigenvalue weighted by molar-refractivity contribution is 7.92. The van der Waals surface area contributed by atoms with Crippen LogP contribution in [-0.2, 0) is 14.8 Å². The van der Waals surface area contributed by atoms with E-state index in [4.69, 9.17) is 0 Å². The molecule has 2 rings (SSSR count). The van der Waals surface area contributed by atoms with Gasteiger partial charge in [0.1, 0.15) is 0 Å². The smallest absolute Gasteiger partial charge is 0.345 e. The Morgan fingerprint density at radius 3 is 2.12 bits per heavy atom. The number of hydrogen-bond donors (Lipinski definition) is 2. The maximum absolute atomic E-state index is 12.4. The maximum Gasteiger partial charge on any atom is 0.471 e. The van der Waals surface area contributed by atoms with Gasteiger partial charge in [-0.15, -0.1) is 0 Å². The van der Waals surface area contributed by atoms with Gasteiger partial charge in [-0.3, -0.25) is 14.3 Å². The third kappa shape index (κ3) is 5.61. The largest absolute Gasteiger partial charge is 0.471 e. The molecule has 0 bridgehead atoms. The van der Waals surface area contributed by atoms with E-state index < -0.39 is 28.1 Å². The molecule has 144 valence electrons. The zero-order valence-corrected chi connectivity index (χ0v) is 14.7. The van der Waals surface area contributed by atoms with Crippen molar-refractivity contribution in [2.75, 3.05) is 24.1 Å². The molecule has 26 heavy (non-hydrogen) atoms. The van der Waals surface area contributed by atoms with Gasteiger partial charge in [-0.25, -0.2) is 8.42 Å². The van der Waals surface area contributed by atoms with E-state index in [1.165, 1.54) is 29.2 Å². The lowest BCUT2D eigenvalue weighted by Crippen LogP contribution is -2.49. The normalized spacial score (nSPS) is 16.2. The summed E-state index contributed by atoms with van der Waals surface area (Å²) < 4.78 is 61.3. The number of carbonyl (C=O) groups excluding carboxylic acids is 2. The number of hydrogen-bond acceptors (Lipinski definition) is 4. The van der Waals surface area contributed by atoms with Crippen molar-refractivity contribution in [3.8, 4) is 0 Å². The van der Waals surface area contributed by atoms with E-state index in [1.807, 2.05) is 5.32 Å². The summed E-state index contributed by atoms with van der Waals surface area (Å²) in [7, 11) is -3.42. The van der Waals surface area contributed by atoms with E-state index in [2.05, 4.69) is 4.72 Å². The Balaban J connectivity index is 1.91. The summed E-state index contributed by atoms with van der Waals surface area (Å²) in [6.45, 7) is 0.427. The molecule has 1 aromatic carbocycles. The molecule has 0 spiro atoms. The maximum atomic E-state index is 12.4. The van der Waals surface area contributed by atoms with Crippen molar-refractivity contribution >= 4 is 27.5 Å². The molecule has 1 aliphatic rings. The monoisotopic (exact) mass is 393 g/mol. The summed E-state index contributed by atoms with van der Waals surface area (Å²) in [5, 5.41) is 1.92. The number of nitrogens with zero attached hydrogens (tertiary/aromatic N) is 1. The van der Waals surface area contributed by atoms with Crippen LogP contribution in [0.2, 0.25) is 0 Å². The van der Waals surface area contributed by atoms with Crippen molar-refractivity contribution in [2.45, 2.75) is 25.1 Å². The minimum atomic E-state index is -4.92. The number of benzene rings is 1. The van der Waals surface area contributed by atoms with Gasteiger partial charge in [-0.05, 0) is 37.1 Å². The third-order valence-electron chi connectivity index (χ3n) is 3.81. The van der Waals surface area contributed by atoms with Gasteiger partial charge in [-0.2, -0.15) is 13.2 Å². The van der Waals surface area contributed by atoms with Crippen molar-refractivity contribution in [3.05, 3.63) is 29.8 Å². The number of sulfonamides is 1. The lowest BCUT2D eigenvalue weighted by Gasteiger charge is -2.32. The van der Waals surface area contributed by atoms with E-state index in [0.717, 1.165) is 6.26 Å². The number of halogens is 3. The minimum Gasteiger partial charge on any atom is -0.345 e. The molecule has 2 amide bonds. The van der Waals surface area contributed by atoms with E-state index in [-0.39, 0.29) is 31.8 Å². The first-order chi connectivity index (χ1) is 12.0. The Labute approximate surface area is 148 Å². The molecule has 1 saturated heterocycles. The molecule has 1 heterocycles. The average molecular weight is 393 g/mol. The Hall–Kier alpha value is -2.30. The second-order valence-electron chi connectivity index (χ2n) is 5.99. The van der Waals surface area contributed by atoms with Crippen LogP contribution >= 0.6 is 0 Å². The molecule has 1 aromatic rings. The van der Waals surface area contributed by atoms with Crippen LogP contribution in [0.15, 0.2) is 24.3 Å². The van der Waals surface area contributed by atoms with Gasteiger partial charge >= 0.3 is 12.1 Å². The van der Waals surface area contributed by atoms with E-state index >= 15 is 0 Å². The predicted molar refractivity (Wildman–Crippen MR) is 88.0 cm³/mol. The zero-order chi connectivity index (χ0) is 19.5. The van der Waals surface area contributed by atoms with Gasteiger partial charge < -0.3 is 10.2 Å². The summed E-state index contributed by atoms with van der Waals surface area (Å²) in [5.74, 6) is -2.28. The number of alkyl halides is 3. The summed E-state index contributed by atoms with van der Waals surface area (Å²) in [6.07, 6.45) is -3.47. The Morgan fingerprint density at radius 1 is 1.12 bits per heavy atom. The number of amides is 2. The topological polar surface area (TPSA) is 95.6 Å². The van der Waals surface area contributed by atoms with Crippen molar-refractivity contribution in [1.82, 2.24) is 10.2 Å². The summed E-state index contributed by atoms with van der Waals surface area (Å²) in [6, 6.07) is 5.20. The number of nitrogens with one attached hydrogen (secondary N) is 2. The first-order valence-corrected chi connectivity index (χ1v) is 9.59. The zero-order valence-electron chi connectivity index (χ0n) is 13.8. The Bertz CT molecular complexity index is 770. The van der Waals surface area contributed by atoms with Gasteiger partial charge in [0.05, 0.1) is 6.26 Å². The van der Waals surface area contributed by atoms with Crippen molar-refractivity contribution in [2.24, 2.45) is 0 Å². The fourth-order valence-corrected chi connectivity index (χ4v) is 3.14. The van der Waals surface area contributed by atoms with E-state index in [1.54, 1.807) is 0 Å². The molecule has 0 saturated carbocycles. The SMILES string of the molecule is CS(=O)(=O)Nc1ccc(C(=O)N2CCC(NC(=O)C(F)(F)F)CC2)cc1. The molecule has 1 aliphatic heterocycles. The lowest BCUT2D eigenvalue weighted by molar-refractivity contribution is -0.174. The molecule has 7 nitrogen and oxygen atoms in total. The molecule has 11 heteroatoms. The first kappa shape index (κ1) is 20.0. The number of rotatable bonds is 4. The Morgan fingerprint density at radius 2 is 1.65 bits per heavy atom. The van der Waals surface area contributed by atoms with Crippen LogP contribution in [0, 0.1) is 0 Å². The van der Waals surface area contributed by atoms with Gasteiger partial charge in [0.25, 0.3) is 5.91 Å². The van der Waals surface area contributed by atoms with Crippen molar-refractivity contribution in [3.63, 3.8) is 0 Å². The molecule has 0 radical (unpaired) electrons. The number of anilines is 1. The molecule has 2 N–H and O–H groups in total. The molecule has 1 fully saturated rings.